The van der Waals surface area contributed by atoms with Gasteiger partial charge in [-0.25, -0.2) is 9.37 Å². The average molecular weight is 596 g/mol. The van der Waals surface area contributed by atoms with Crippen molar-refractivity contribution in [3.8, 4) is 11.1 Å². The van der Waals surface area contributed by atoms with Crippen LogP contribution in [0.2, 0.25) is 5.02 Å². The molecule has 42 heavy (non-hydrogen) atoms. The van der Waals surface area contributed by atoms with E-state index in [1.807, 2.05) is 4.90 Å². The van der Waals surface area contributed by atoms with Gasteiger partial charge in [0.1, 0.15) is 18.1 Å². The molecule has 2 N–H and O–H groups in total. The SMILES string of the molecule is Cn1cc(Nc2ncc3cc(-c4c(F)cccc4Cl)c(=O)n(OCC4CCOCC4)c3n2)cc1C(=O)N1CCNCC1. The van der Waals surface area contributed by atoms with E-state index < -0.39 is 11.4 Å². The molecule has 1 aromatic carbocycles. The van der Waals surface area contributed by atoms with E-state index in [9.17, 15) is 14.0 Å². The first-order valence-corrected chi connectivity index (χ1v) is 14.3. The second-order valence-corrected chi connectivity index (χ2v) is 10.9. The van der Waals surface area contributed by atoms with Gasteiger partial charge in [0, 0.05) is 69.8 Å². The first-order valence-electron chi connectivity index (χ1n) is 13.9. The van der Waals surface area contributed by atoms with Gasteiger partial charge in [0.15, 0.2) is 5.65 Å². The van der Waals surface area contributed by atoms with Crippen LogP contribution >= 0.6 is 11.6 Å². The molecular weight excluding hydrogens is 565 g/mol. The summed E-state index contributed by atoms with van der Waals surface area (Å²) in [5, 5.41) is 6.95. The van der Waals surface area contributed by atoms with Crippen LogP contribution in [0.1, 0.15) is 23.3 Å². The molecule has 0 radical (unpaired) electrons. The van der Waals surface area contributed by atoms with E-state index in [4.69, 9.17) is 21.2 Å². The minimum Gasteiger partial charge on any atom is -0.408 e. The van der Waals surface area contributed by atoms with Crippen LogP contribution in [0.5, 0.6) is 0 Å². The zero-order valence-corrected chi connectivity index (χ0v) is 23.9. The molecule has 6 rings (SSSR count). The fraction of sp³-hybridized carbons (Fsp3) is 0.379. The molecule has 5 heterocycles. The van der Waals surface area contributed by atoms with Crippen LogP contribution in [-0.2, 0) is 11.8 Å². The third-order valence-corrected chi connectivity index (χ3v) is 7.91. The maximum Gasteiger partial charge on any atom is 0.293 e. The van der Waals surface area contributed by atoms with Gasteiger partial charge in [-0.3, -0.25) is 9.59 Å². The highest BCUT2D eigenvalue weighted by atomic mass is 35.5. The Morgan fingerprint density at radius 3 is 2.79 bits per heavy atom. The van der Waals surface area contributed by atoms with Crippen molar-refractivity contribution in [1.82, 2.24) is 29.5 Å². The number of aryl methyl sites for hydroxylation is 1. The third kappa shape index (κ3) is 5.69. The van der Waals surface area contributed by atoms with Crippen LogP contribution in [0.3, 0.4) is 0 Å². The zero-order chi connectivity index (χ0) is 29.2. The number of hydrogen-bond acceptors (Lipinski definition) is 8. The second-order valence-electron chi connectivity index (χ2n) is 10.5. The van der Waals surface area contributed by atoms with Crippen LogP contribution in [0.25, 0.3) is 22.2 Å². The molecular formula is C29H31ClFN7O4. The number of fused-ring (bicyclic) bond motifs is 1. The van der Waals surface area contributed by atoms with E-state index in [0.29, 0.717) is 43.1 Å². The molecule has 2 fully saturated rings. The predicted octanol–water partition coefficient (Wildman–Crippen LogP) is 3.23. The molecule has 3 aromatic heterocycles. The summed E-state index contributed by atoms with van der Waals surface area (Å²) < 4.78 is 23.2. The number of rotatable bonds is 7. The number of halogens is 2. The molecule has 2 aliphatic heterocycles. The van der Waals surface area contributed by atoms with Crippen molar-refractivity contribution in [3.63, 3.8) is 0 Å². The van der Waals surface area contributed by atoms with E-state index in [-0.39, 0.29) is 46.2 Å². The van der Waals surface area contributed by atoms with Gasteiger partial charge in [0.05, 0.1) is 16.3 Å². The van der Waals surface area contributed by atoms with Crippen molar-refractivity contribution < 1.29 is 18.8 Å². The highest BCUT2D eigenvalue weighted by Crippen LogP contribution is 2.30. The topological polar surface area (TPSA) is 116 Å². The number of amides is 1. The van der Waals surface area contributed by atoms with Gasteiger partial charge in [-0.1, -0.05) is 17.7 Å². The smallest absolute Gasteiger partial charge is 0.293 e. The van der Waals surface area contributed by atoms with E-state index >= 15 is 0 Å². The van der Waals surface area contributed by atoms with Crippen LogP contribution in [0, 0.1) is 11.7 Å². The zero-order valence-electron chi connectivity index (χ0n) is 23.1. The number of piperazine rings is 1. The van der Waals surface area contributed by atoms with Gasteiger partial charge in [-0.2, -0.15) is 4.98 Å². The number of hydrogen-bond donors (Lipinski definition) is 2. The number of benzene rings is 1. The van der Waals surface area contributed by atoms with Crippen LogP contribution < -0.4 is 21.0 Å². The third-order valence-electron chi connectivity index (χ3n) is 7.60. The second kappa shape index (κ2) is 12.1. The molecule has 2 saturated heterocycles. The predicted molar refractivity (Wildman–Crippen MR) is 157 cm³/mol. The molecule has 0 aliphatic carbocycles. The Balaban J connectivity index is 1.35. The molecule has 0 atom stereocenters. The Hall–Kier alpha value is -4.00. The number of aromatic nitrogens is 4. The first kappa shape index (κ1) is 28.1. The number of nitrogens with one attached hydrogen (secondary N) is 2. The summed E-state index contributed by atoms with van der Waals surface area (Å²) >= 11 is 6.32. The standard InChI is InChI=1S/C29H31ClFN7O4/c1-36-16-20(14-24(36)28(40)37-9-7-32-8-10-37)34-29-33-15-19-13-21(25-22(30)3-2-4-23(25)31)27(39)38(26(19)35-29)42-17-18-5-11-41-12-6-18/h2-4,13-16,18,32H,5-12,17H2,1H3,(H,33,34,35). The fourth-order valence-corrected chi connectivity index (χ4v) is 5.55. The summed E-state index contributed by atoms with van der Waals surface area (Å²) in [6, 6.07) is 7.53. The van der Waals surface area contributed by atoms with Gasteiger partial charge in [-0.15, -0.1) is 4.73 Å². The minimum absolute atomic E-state index is 0.0114. The first-order chi connectivity index (χ1) is 20.4. The number of carbonyl (C=O) groups excluding carboxylic acids is 1. The summed E-state index contributed by atoms with van der Waals surface area (Å²) in [4.78, 5) is 43.7. The van der Waals surface area contributed by atoms with Gasteiger partial charge in [0.25, 0.3) is 11.5 Å². The lowest BCUT2D eigenvalue weighted by Crippen LogP contribution is -2.46. The number of anilines is 2. The summed E-state index contributed by atoms with van der Waals surface area (Å²) in [5.41, 5.74) is 0.803. The summed E-state index contributed by atoms with van der Waals surface area (Å²) in [6.45, 7) is 4.32. The molecule has 0 unspecified atom stereocenters. The summed E-state index contributed by atoms with van der Waals surface area (Å²) in [6.07, 6.45) is 4.92. The Morgan fingerprint density at radius 1 is 1.24 bits per heavy atom. The minimum atomic E-state index is -0.621. The van der Waals surface area contributed by atoms with E-state index in [1.165, 1.54) is 30.5 Å². The van der Waals surface area contributed by atoms with Gasteiger partial charge in [-0.05, 0) is 43.0 Å². The Labute approximate surface area is 246 Å². The van der Waals surface area contributed by atoms with Crippen molar-refractivity contribution >= 4 is 40.2 Å². The number of carbonyl (C=O) groups is 1. The van der Waals surface area contributed by atoms with Crippen LogP contribution in [0.4, 0.5) is 16.0 Å². The summed E-state index contributed by atoms with van der Waals surface area (Å²) in [5.74, 6) is -0.281. The van der Waals surface area contributed by atoms with Crippen molar-refractivity contribution in [2.24, 2.45) is 13.0 Å². The van der Waals surface area contributed by atoms with Crippen molar-refractivity contribution in [2.75, 3.05) is 51.3 Å². The maximum absolute atomic E-state index is 14.9. The average Bonchev–Trinajstić information content (AvgIpc) is 3.37. The largest absolute Gasteiger partial charge is 0.408 e. The molecule has 4 aromatic rings. The van der Waals surface area contributed by atoms with E-state index in [1.54, 1.807) is 23.9 Å². The van der Waals surface area contributed by atoms with Crippen LogP contribution in [-0.4, -0.2) is 76.1 Å². The van der Waals surface area contributed by atoms with Gasteiger partial charge >= 0.3 is 0 Å². The molecule has 2 aliphatic rings. The quantitative estimate of drug-likeness (QED) is 0.335. The number of nitrogens with zero attached hydrogens (tertiary/aromatic N) is 5. The molecule has 0 bridgehead atoms. The van der Waals surface area contributed by atoms with Crippen molar-refractivity contribution in [2.45, 2.75) is 12.8 Å². The van der Waals surface area contributed by atoms with Gasteiger partial charge < -0.3 is 29.7 Å². The lowest BCUT2D eigenvalue weighted by atomic mass is 10.0. The van der Waals surface area contributed by atoms with Crippen molar-refractivity contribution in [3.05, 3.63) is 69.6 Å². The molecule has 220 valence electrons. The monoisotopic (exact) mass is 595 g/mol. The van der Waals surface area contributed by atoms with Gasteiger partial charge in [0.2, 0.25) is 5.95 Å². The van der Waals surface area contributed by atoms with Crippen LogP contribution in [0.15, 0.2) is 47.5 Å². The Bertz CT molecular complexity index is 1660. The van der Waals surface area contributed by atoms with E-state index in [0.717, 1.165) is 30.7 Å². The van der Waals surface area contributed by atoms with Crippen molar-refractivity contribution in [1.29, 1.82) is 0 Å². The molecule has 13 heteroatoms. The highest BCUT2D eigenvalue weighted by Gasteiger charge is 2.23. The van der Waals surface area contributed by atoms with E-state index in [2.05, 4.69) is 20.6 Å². The molecule has 0 saturated carbocycles. The highest BCUT2D eigenvalue weighted by molar-refractivity contribution is 6.33. The number of pyridine rings is 1. The fourth-order valence-electron chi connectivity index (χ4n) is 5.28. The lowest BCUT2D eigenvalue weighted by molar-refractivity contribution is 0.0153. The molecule has 11 nitrogen and oxygen atoms in total. The normalized spacial score (nSPS) is 16.1. The Morgan fingerprint density at radius 2 is 2.02 bits per heavy atom. The molecule has 1 amide bonds. The molecule has 0 spiro atoms. The maximum atomic E-state index is 14.9. The number of ether oxygens (including phenoxy) is 1. The lowest BCUT2D eigenvalue weighted by Gasteiger charge is -2.27. The summed E-state index contributed by atoms with van der Waals surface area (Å²) in [7, 11) is 1.80. The Kier molecular flexibility index (Phi) is 8.09.